The highest BCUT2D eigenvalue weighted by Gasteiger charge is 2.22. The number of nitrogens with one attached hydrogen (secondary N) is 2. The van der Waals surface area contributed by atoms with E-state index < -0.39 is 0 Å². The summed E-state index contributed by atoms with van der Waals surface area (Å²) in [6, 6.07) is 7.71. The summed E-state index contributed by atoms with van der Waals surface area (Å²) in [5, 5.41) is 10.3. The van der Waals surface area contributed by atoms with Crippen molar-refractivity contribution in [2.75, 3.05) is 10.6 Å². The fourth-order valence-corrected chi connectivity index (χ4v) is 2.32. The minimum atomic E-state index is -0.117. The lowest BCUT2D eigenvalue weighted by molar-refractivity contribution is -0.113. The van der Waals surface area contributed by atoms with Crippen molar-refractivity contribution in [2.45, 2.75) is 27.3 Å². The molecule has 0 bridgehead atoms. The Morgan fingerprint density at radius 2 is 2.05 bits per heavy atom. The molecule has 0 unspecified atom stereocenters. The van der Waals surface area contributed by atoms with Crippen LogP contribution < -0.4 is 10.6 Å². The molecule has 108 valence electrons. The highest BCUT2D eigenvalue weighted by molar-refractivity contribution is 6.05. The Bertz CT molecular complexity index is 744. The van der Waals surface area contributed by atoms with Crippen LogP contribution in [0.1, 0.15) is 18.3 Å². The molecule has 0 saturated carbocycles. The number of hydrogen-bond acceptors (Lipinski definition) is 4. The zero-order valence-electron chi connectivity index (χ0n) is 12.3. The van der Waals surface area contributed by atoms with Crippen molar-refractivity contribution >= 4 is 17.5 Å². The van der Waals surface area contributed by atoms with Crippen molar-refractivity contribution < 1.29 is 4.79 Å². The lowest BCUT2D eigenvalue weighted by Crippen LogP contribution is -2.26. The molecule has 1 amide bonds. The number of anilines is 2. The number of hydrogen-bond donors (Lipinski definition) is 2. The van der Waals surface area contributed by atoms with Gasteiger partial charge in [-0.05, 0) is 32.4 Å². The van der Waals surface area contributed by atoms with E-state index in [2.05, 4.69) is 20.7 Å². The van der Waals surface area contributed by atoms with E-state index in [0.717, 1.165) is 16.9 Å². The number of fused-ring (bicyclic) bond motifs is 1. The lowest BCUT2D eigenvalue weighted by Gasteiger charge is -2.20. The van der Waals surface area contributed by atoms with Crippen LogP contribution in [0.4, 0.5) is 11.6 Å². The number of carbonyl (C=O) groups is 1. The number of aromatic nitrogens is 3. The van der Waals surface area contributed by atoms with E-state index in [4.69, 9.17) is 0 Å². The van der Waals surface area contributed by atoms with Crippen LogP contribution in [0.5, 0.6) is 0 Å². The van der Waals surface area contributed by atoms with Gasteiger partial charge in [0, 0.05) is 11.4 Å². The van der Waals surface area contributed by atoms with E-state index >= 15 is 0 Å². The molecule has 1 aromatic heterocycles. The summed E-state index contributed by atoms with van der Waals surface area (Å²) in [4.78, 5) is 16.7. The van der Waals surface area contributed by atoms with Gasteiger partial charge in [-0.15, -0.1) is 0 Å². The number of benzene rings is 1. The van der Waals surface area contributed by atoms with Gasteiger partial charge in [0.15, 0.2) is 0 Å². The maximum Gasteiger partial charge on any atom is 0.255 e. The standard InChI is InChI=1S/C15H17N5O/c1-9-6-4-5-7-13(9)18-14(21)12-8-20-15(16-10(12)2)17-11(3)19-20/h4-7H,8H2,1-3H3,(H,18,21)(H,16,17,19). The summed E-state index contributed by atoms with van der Waals surface area (Å²) >= 11 is 0. The van der Waals surface area contributed by atoms with Crippen LogP contribution in [0, 0.1) is 13.8 Å². The Morgan fingerprint density at radius 1 is 1.29 bits per heavy atom. The van der Waals surface area contributed by atoms with Crippen molar-refractivity contribution in [3.05, 3.63) is 46.9 Å². The highest BCUT2D eigenvalue weighted by atomic mass is 16.1. The Labute approximate surface area is 122 Å². The number of aryl methyl sites for hydroxylation is 2. The van der Waals surface area contributed by atoms with Crippen LogP contribution in [0.15, 0.2) is 35.5 Å². The second-order valence-electron chi connectivity index (χ2n) is 5.14. The molecule has 1 aliphatic rings. The van der Waals surface area contributed by atoms with Gasteiger partial charge < -0.3 is 10.6 Å². The van der Waals surface area contributed by atoms with E-state index in [9.17, 15) is 4.79 Å². The third kappa shape index (κ3) is 2.52. The third-order valence-electron chi connectivity index (χ3n) is 3.50. The number of rotatable bonds is 2. The SMILES string of the molecule is CC1=C(C(=O)Nc2ccccc2C)Cn2nc(C)nc2N1. The Kier molecular flexibility index (Phi) is 3.21. The summed E-state index contributed by atoms with van der Waals surface area (Å²) in [5.74, 6) is 1.25. The number of carbonyl (C=O) groups excluding carboxylic acids is 1. The summed E-state index contributed by atoms with van der Waals surface area (Å²) in [5.41, 5.74) is 3.32. The summed E-state index contributed by atoms with van der Waals surface area (Å²) in [6.07, 6.45) is 0. The first-order valence-corrected chi connectivity index (χ1v) is 6.80. The van der Waals surface area contributed by atoms with Crippen LogP contribution >= 0.6 is 0 Å². The predicted octanol–water partition coefficient (Wildman–Crippen LogP) is 2.23. The van der Waals surface area contributed by atoms with E-state index in [-0.39, 0.29) is 5.91 Å². The number of nitrogens with zero attached hydrogens (tertiary/aromatic N) is 3. The van der Waals surface area contributed by atoms with E-state index in [1.807, 2.05) is 45.0 Å². The van der Waals surface area contributed by atoms with Gasteiger partial charge in [-0.3, -0.25) is 4.79 Å². The number of para-hydroxylation sites is 1. The molecule has 0 fully saturated rings. The molecule has 6 heteroatoms. The Morgan fingerprint density at radius 3 is 2.81 bits per heavy atom. The molecule has 21 heavy (non-hydrogen) atoms. The van der Waals surface area contributed by atoms with Gasteiger partial charge in [-0.2, -0.15) is 10.1 Å². The molecule has 2 aromatic rings. The van der Waals surface area contributed by atoms with Gasteiger partial charge in [-0.25, -0.2) is 4.68 Å². The van der Waals surface area contributed by atoms with E-state index in [0.29, 0.717) is 23.9 Å². The average molecular weight is 283 g/mol. The van der Waals surface area contributed by atoms with Gasteiger partial charge in [0.25, 0.3) is 5.91 Å². The van der Waals surface area contributed by atoms with Crippen LogP contribution in [-0.2, 0) is 11.3 Å². The van der Waals surface area contributed by atoms with Gasteiger partial charge >= 0.3 is 0 Å². The smallest absolute Gasteiger partial charge is 0.255 e. The van der Waals surface area contributed by atoms with Gasteiger partial charge in [0.2, 0.25) is 5.95 Å². The topological polar surface area (TPSA) is 71.8 Å². The molecule has 0 saturated heterocycles. The first kappa shape index (κ1) is 13.4. The van der Waals surface area contributed by atoms with Crippen molar-refractivity contribution in [3.63, 3.8) is 0 Å². The van der Waals surface area contributed by atoms with Gasteiger partial charge in [0.1, 0.15) is 5.82 Å². The molecule has 0 spiro atoms. The molecule has 1 aliphatic heterocycles. The molecular weight excluding hydrogens is 266 g/mol. The zero-order chi connectivity index (χ0) is 15.0. The lowest BCUT2D eigenvalue weighted by atomic mass is 10.1. The molecule has 6 nitrogen and oxygen atoms in total. The highest BCUT2D eigenvalue weighted by Crippen LogP contribution is 2.21. The van der Waals surface area contributed by atoms with Crippen LogP contribution in [0.3, 0.4) is 0 Å². The van der Waals surface area contributed by atoms with Gasteiger partial charge in [-0.1, -0.05) is 18.2 Å². The summed E-state index contributed by atoms with van der Waals surface area (Å²) in [6.45, 7) is 6.09. The Hall–Kier alpha value is -2.63. The summed E-state index contributed by atoms with van der Waals surface area (Å²) in [7, 11) is 0. The van der Waals surface area contributed by atoms with Crippen LogP contribution in [-0.4, -0.2) is 20.7 Å². The minimum absolute atomic E-state index is 0.117. The maximum absolute atomic E-state index is 12.5. The third-order valence-corrected chi connectivity index (χ3v) is 3.50. The molecule has 0 radical (unpaired) electrons. The predicted molar refractivity (Wildman–Crippen MR) is 80.9 cm³/mol. The largest absolute Gasteiger partial charge is 0.328 e. The van der Waals surface area contributed by atoms with Crippen LogP contribution in [0.25, 0.3) is 0 Å². The zero-order valence-corrected chi connectivity index (χ0v) is 12.3. The first-order valence-electron chi connectivity index (χ1n) is 6.80. The number of amides is 1. The van der Waals surface area contributed by atoms with Crippen molar-refractivity contribution in [2.24, 2.45) is 0 Å². The van der Waals surface area contributed by atoms with Crippen molar-refractivity contribution in [1.29, 1.82) is 0 Å². The normalized spacial score (nSPS) is 13.7. The molecular formula is C15H17N5O. The fourth-order valence-electron chi connectivity index (χ4n) is 2.32. The molecule has 0 atom stereocenters. The van der Waals surface area contributed by atoms with Gasteiger partial charge in [0.05, 0.1) is 12.1 Å². The van der Waals surface area contributed by atoms with Crippen molar-refractivity contribution in [1.82, 2.24) is 14.8 Å². The molecule has 2 heterocycles. The summed E-state index contributed by atoms with van der Waals surface area (Å²) < 4.78 is 1.70. The Balaban J connectivity index is 1.83. The van der Waals surface area contributed by atoms with E-state index in [1.165, 1.54) is 0 Å². The minimum Gasteiger partial charge on any atom is -0.328 e. The quantitative estimate of drug-likeness (QED) is 0.886. The first-order chi connectivity index (χ1) is 10.0. The maximum atomic E-state index is 12.5. The molecule has 2 N–H and O–H groups in total. The van der Waals surface area contributed by atoms with Crippen molar-refractivity contribution in [3.8, 4) is 0 Å². The fraction of sp³-hybridized carbons (Fsp3) is 0.267. The molecule has 1 aromatic carbocycles. The molecule has 0 aliphatic carbocycles. The average Bonchev–Trinajstić information content (AvgIpc) is 2.79. The van der Waals surface area contributed by atoms with E-state index in [1.54, 1.807) is 4.68 Å². The monoisotopic (exact) mass is 283 g/mol. The van der Waals surface area contributed by atoms with Crippen LogP contribution in [0.2, 0.25) is 0 Å². The second-order valence-corrected chi connectivity index (χ2v) is 5.14. The number of allylic oxidation sites excluding steroid dienone is 1. The molecule has 3 rings (SSSR count). The second kappa shape index (κ2) is 5.05.